The number of hydrogen-bond donors (Lipinski definition) is 0. The molecule has 4 aliphatic heterocycles. The summed E-state index contributed by atoms with van der Waals surface area (Å²) in [5, 5.41) is 0. The quantitative estimate of drug-likeness (QED) is 0.341. The average molecular weight is 420 g/mol. The number of ether oxygens (including phenoxy) is 8. The maximum Gasteiger partial charge on any atom is 2.00 e. The van der Waals surface area contributed by atoms with Crippen LogP contribution < -0.4 is 0 Å². The zero-order valence-corrected chi connectivity index (χ0v) is 16.0. The van der Waals surface area contributed by atoms with E-state index in [9.17, 15) is 0 Å². The van der Waals surface area contributed by atoms with Crippen LogP contribution >= 0.6 is 0 Å². The molecular formula is C16H36CuO8+6. The minimum Gasteiger partial charge on any atom is -0.430 e. The molecule has 4 fully saturated rings. The van der Waals surface area contributed by atoms with Gasteiger partial charge in [0.25, 0.3) is 0 Å². The molecular weight excluding hydrogens is 384 g/mol. The van der Waals surface area contributed by atoms with E-state index in [-0.39, 0.29) is 17.1 Å². The van der Waals surface area contributed by atoms with Crippen molar-refractivity contribution in [2.75, 3.05) is 106 Å². The molecule has 0 unspecified atom stereocenters. The minimum atomic E-state index is 0. The first-order chi connectivity index (χ1) is 12.0. The van der Waals surface area contributed by atoms with Gasteiger partial charge in [-0.05, 0) is 0 Å². The SMILES string of the molecule is C1C[OH+]CCO1.C1C[OH+]CCO1.C1C[OH+]CCO1.C1C[OH+]CCO1.[Cu+2]. The molecule has 153 valence electrons. The fourth-order valence-electron chi connectivity index (χ4n) is 1.89. The van der Waals surface area contributed by atoms with Crippen LogP contribution in [0.25, 0.3) is 0 Å². The summed E-state index contributed by atoms with van der Waals surface area (Å²) in [6.45, 7) is 13.9. The first-order valence-corrected chi connectivity index (χ1v) is 8.84. The van der Waals surface area contributed by atoms with Crippen LogP contribution in [0.1, 0.15) is 0 Å². The summed E-state index contributed by atoms with van der Waals surface area (Å²) in [6.07, 6.45) is 0. The summed E-state index contributed by atoms with van der Waals surface area (Å²) in [5.74, 6) is 0. The second-order valence-electron chi connectivity index (χ2n) is 5.13. The Labute approximate surface area is 161 Å². The molecule has 8 nitrogen and oxygen atoms in total. The van der Waals surface area contributed by atoms with Crippen LogP contribution in [0.3, 0.4) is 0 Å². The fourth-order valence-corrected chi connectivity index (χ4v) is 1.89. The van der Waals surface area contributed by atoms with Gasteiger partial charge in [-0.25, -0.2) is 0 Å². The van der Waals surface area contributed by atoms with E-state index in [1.54, 1.807) is 0 Å². The van der Waals surface area contributed by atoms with Gasteiger partial charge in [0.1, 0.15) is 52.9 Å². The summed E-state index contributed by atoms with van der Waals surface area (Å²) in [6, 6.07) is 0. The van der Waals surface area contributed by atoms with E-state index < -0.39 is 0 Å². The first kappa shape index (κ1) is 25.2. The maximum atomic E-state index is 4.98. The van der Waals surface area contributed by atoms with Crippen LogP contribution in [0, 0.1) is 0 Å². The molecule has 25 heavy (non-hydrogen) atoms. The Kier molecular flexibility index (Phi) is 22.4. The van der Waals surface area contributed by atoms with Gasteiger partial charge in [-0.1, -0.05) is 0 Å². The van der Waals surface area contributed by atoms with Crippen LogP contribution in [0.15, 0.2) is 0 Å². The standard InChI is InChI=1S/4C4H8O2.Cu/c4*1-2-6-4-3-5-1;/h4*1-4H2;/q;;;;+2/p+4. The van der Waals surface area contributed by atoms with Crippen molar-refractivity contribution < 1.29 is 55.0 Å². The zero-order valence-electron chi connectivity index (χ0n) is 15.0. The number of hydrogen-bond acceptors (Lipinski definition) is 4. The normalized spacial score (nSPS) is 23.0. The van der Waals surface area contributed by atoms with Crippen molar-refractivity contribution in [2.45, 2.75) is 0 Å². The molecule has 9 heteroatoms. The molecule has 0 spiro atoms. The topological polar surface area (TPSA) is 88.1 Å². The van der Waals surface area contributed by atoms with E-state index >= 15 is 0 Å². The number of rotatable bonds is 0. The van der Waals surface area contributed by atoms with Gasteiger partial charge in [-0.15, -0.1) is 0 Å². The Morgan fingerprint density at radius 3 is 0.520 bits per heavy atom. The maximum absolute atomic E-state index is 4.98. The molecule has 0 aliphatic carbocycles. The Morgan fingerprint density at radius 2 is 0.480 bits per heavy atom. The molecule has 0 bridgehead atoms. The van der Waals surface area contributed by atoms with E-state index in [0.717, 1.165) is 106 Å². The van der Waals surface area contributed by atoms with Gasteiger partial charge in [0.05, 0.1) is 0 Å². The molecule has 1 radical (unpaired) electrons. The smallest absolute Gasteiger partial charge is 0.430 e. The van der Waals surface area contributed by atoms with E-state index in [4.69, 9.17) is 18.9 Å². The predicted molar refractivity (Wildman–Crippen MR) is 91.1 cm³/mol. The van der Waals surface area contributed by atoms with Gasteiger partial charge in [-0.2, -0.15) is 0 Å². The summed E-state index contributed by atoms with van der Waals surface area (Å²) >= 11 is 0. The van der Waals surface area contributed by atoms with Crippen molar-refractivity contribution >= 4 is 0 Å². The van der Waals surface area contributed by atoms with Crippen LogP contribution in [0.4, 0.5) is 0 Å². The summed E-state index contributed by atoms with van der Waals surface area (Å²) in [7, 11) is 0. The summed E-state index contributed by atoms with van der Waals surface area (Å²) < 4.78 is 36.1. The molecule has 4 rings (SSSR count). The van der Waals surface area contributed by atoms with Gasteiger partial charge in [0.15, 0.2) is 52.9 Å². The molecule has 0 aromatic carbocycles. The Morgan fingerprint density at radius 1 is 0.320 bits per heavy atom. The molecule has 4 N–H and O–H groups in total. The Balaban J connectivity index is 0.000000303. The van der Waals surface area contributed by atoms with E-state index in [0.29, 0.717) is 0 Å². The van der Waals surface area contributed by atoms with Crippen molar-refractivity contribution in [2.24, 2.45) is 0 Å². The third kappa shape index (κ3) is 20.4. The van der Waals surface area contributed by atoms with Crippen molar-refractivity contribution in [3.05, 3.63) is 0 Å². The second-order valence-corrected chi connectivity index (χ2v) is 5.13. The molecule has 0 amide bonds. The van der Waals surface area contributed by atoms with Crippen molar-refractivity contribution in [1.29, 1.82) is 0 Å². The van der Waals surface area contributed by atoms with Gasteiger partial charge < -0.3 is 37.9 Å². The molecule has 0 saturated carbocycles. The van der Waals surface area contributed by atoms with E-state index in [2.05, 4.69) is 18.9 Å². The van der Waals surface area contributed by atoms with Gasteiger partial charge in [0, 0.05) is 0 Å². The van der Waals surface area contributed by atoms with Gasteiger partial charge in [0.2, 0.25) is 0 Å². The van der Waals surface area contributed by atoms with Gasteiger partial charge in [-0.3, -0.25) is 0 Å². The largest absolute Gasteiger partial charge is 2.00 e. The van der Waals surface area contributed by atoms with E-state index in [1.165, 1.54) is 0 Å². The molecule has 0 aromatic rings. The molecule has 4 aliphatic rings. The van der Waals surface area contributed by atoms with E-state index in [1.807, 2.05) is 0 Å². The van der Waals surface area contributed by atoms with Crippen LogP contribution in [-0.2, 0) is 36.0 Å². The molecule has 0 aromatic heterocycles. The van der Waals surface area contributed by atoms with Crippen LogP contribution in [0.2, 0.25) is 0 Å². The first-order valence-electron chi connectivity index (χ1n) is 8.84. The Bertz CT molecular complexity index is 138. The monoisotopic (exact) mass is 419 g/mol. The Hall–Kier alpha value is 0.199. The summed E-state index contributed by atoms with van der Waals surface area (Å²) in [4.78, 5) is 0. The fraction of sp³-hybridized carbons (Fsp3) is 1.00. The second kappa shape index (κ2) is 22.2. The van der Waals surface area contributed by atoms with Crippen molar-refractivity contribution in [3.8, 4) is 0 Å². The van der Waals surface area contributed by atoms with Gasteiger partial charge >= 0.3 is 17.1 Å². The average Bonchev–Trinajstić information content (AvgIpc) is 2.75. The van der Waals surface area contributed by atoms with Crippen molar-refractivity contribution in [1.82, 2.24) is 0 Å². The summed E-state index contributed by atoms with van der Waals surface area (Å²) in [5.41, 5.74) is 0. The predicted octanol–water partition coefficient (Wildman–Crippen LogP) is -1.82. The zero-order chi connectivity index (χ0) is 17.0. The number of aliphatic hydroxyl groups is 8. The third-order valence-corrected chi connectivity index (χ3v) is 3.15. The third-order valence-electron chi connectivity index (χ3n) is 3.15. The van der Waals surface area contributed by atoms with Crippen molar-refractivity contribution in [3.63, 3.8) is 0 Å². The molecule has 4 heterocycles. The molecule has 4 saturated heterocycles. The van der Waals surface area contributed by atoms with Crippen LogP contribution in [0.5, 0.6) is 0 Å². The minimum absolute atomic E-state index is 0. The molecule has 0 atom stereocenters. The van der Waals surface area contributed by atoms with Crippen LogP contribution in [-0.4, -0.2) is 125 Å².